The molecular formula is C22H25N3O7S. The molecule has 0 spiro atoms. The van der Waals surface area contributed by atoms with Crippen molar-refractivity contribution < 1.29 is 32.3 Å². The number of rotatable bonds is 10. The molecule has 11 heteroatoms. The Bertz CT molecular complexity index is 1150. The van der Waals surface area contributed by atoms with E-state index in [-0.39, 0.29) is 35.5 Å². The van der Waals surface area contributed by atoms with E-state index in [1.165, 1.54) is 19.2 Å². The molecule has 1 aliphatic heterocycles. The van der Waals surface area contributed by atoms with Crippen LogP contribution >= 0.6 is 0 Å². The lowest BCUT2D eigenvalue weighted by Crippen LogP contribution is -2.35. The minimum absolute atomic E-state index is 0.00738. The lowest BCUT2D eigenvalue weighted by Gasteiger charge is -2.27. The number of hydrogen-bond acceptors (Lipinski definition) is 8. The first-order valence-corrected chi connectivity index (χ1v) is 11.6. The van der Waals surface area contributed by atoms with E-state index in [2.05, 4.69) is 5.32 Å². The number of amides is 3. The van der Waals surface area contributed by atoms with Crippen molar-refractivity contribution >= 4 is 34.1 Å². The van der Waals surface area contributed by atoms with Crippen molar-refractivity contribution in [1.82, 2.24) is 4.90 Å². The molecule has 1 atom stereocenters. The van der Waals surface area contributed by atoms with Crippen LogP contribution in [0.15, 0.2) is 36.4 Å². The summed E-state index contributed by atoms with van der Waals surface area (Å²) in [6.45, 7) is 1.86. The van der Waals surface area contributed by atoms with E-state index in [0.717, 1.165) is 4.90 Å². The van der Waals surface area contributed by atoms with Crippen LogP contribution in [-0.2, 0) is 15.5 Å². The number of anilines is 1. The predicted molar refractivity (Wildman–Crippen MR) is 121 cm³/mol. The van der Waals surface area contributed by atoms with Crippen LogP contribution in [0.5, 0.6) is 11.5 Å². The van der Waals surface area contributed by atoms with Gasteiger partial charge in [0.15, 0.2) is 11.5 Å². The summed E-state index contributed by atoms with van der Waals surface area (Å²) in [4.78, 5) is 39.5. The molecule has 0 bridgehead atoms. The molecule has 176 valence electrons. The molecule has 0 saturated heterocycles. The number of hydrogen-bond donors (Lipinski definition) is 3. The third-order valence-corrected chi connectivity index (χ3v) is 5.80. The van der Waals surface area contributed by atoms with Gasteiger partial charge in [-0.1, -0.05) is 12.1 Å². The van der Waals surface area contributed by atoms with Crippen LogP contribution in [0, 0.1) is 0 Å². The summed E-state index contributed by atoms with van der Waals surface area (Å²) >= 11 is 0. The average molecular weight is 476 g/mol. The molecule has 33 heavy (non-hydrogen) atoms. The van der Waals surface area contributed by atoms with Gasteiger partial charge in [-0.2, -0.15) is 0 Å². The molecular weight excluding hydrogens is 450 g/mol. The van der Waals surface area contributed by atoms with Crippen molar-refractivity contribution in [3.8, 4) is 11.5 Å². The number of ether oxygens (including phenoxy) is 2. The van der Waals surface area contributed by atoms with E-state index in [9.17, 15) is 22.8 Å². The monoisotopic (exact) mass is 475 g/mol. The van der Waals surface area contributed by atoms with Crippen LogP contribution in [0.4, 0.5) is 5.69 Å². The zero-order chi connectivity index (χ0) is 24.1. The molecule has 0 radical (unpaired) electrons. The molecule has 1 unspecified atom stereocenters. The second kappa shape index (κ2) is 10.5. The molecule has 0 aliphatic carbocycles. The second-order valence-corrected chi connectivity index (χ2v) is 8.28. The molecule has 3 rings (SSSR count). The van der Waals surface area contributed by atoms with Crippen molar-refractivity contribution in [3.63, 3.8) is 0 Å². The van der Waals surface area contributed by atoms with Crippen molar-refractivity contribution in [3.05, 3.63) is 53.1 Å². The number of nitrogens with zero attached hydrogens (tertiary/aromatic N) is 1. The van der Waals surface area contributed by atoms with Gasteiger partial charge in [-0.25, -0.2) is 8.42 Å². The van der Waals surface area contributed by atoms with Crippen molar-refractivity contribution in [2.75, 3.05) is 31.3 Å². The second-order valence-electron chi connectivity index (χ2n) is 7.16. The molecule has 1 aliphatic rings. The fraction of sp³-hybridized carbons (Fsp3) is 0.318. The summed E-state index contributed by atoms with van der Waals surface area (Å²) < 4.78 is 33.6. The molecule has 10 nitrogen and oxygen atoms in total. The van der Waals surface area contributed by atoms with Crippen molar-refractivity contribution in [2.24, 2.45) is 5.73 Å². The summed E-state index contributed by atoms with van der Waals surface area (Å²) in [7, 11) is -1.26. The number of carbonyl (C=O) groups is 3. The number of methoxy groups -OCH3 is 1. The third kappa shape index (κ3) is 4.99. The van der Waals surface area contributed by atoms with E-state index in [0.29, 0.717) is 23.7 Å². The molecule has 1 heterocycles. The highest BCUT2D eigenvalue weighted by Crippen LogP contribution is 2.39. The summed E-state index contributed by atoms with van der Waals surface area (Å²) in [6.07, 6.45) is -0.00738. The fourth-order valence-corrected chi connectivity index (χ4v) is 4.19. The molecule has 3 amide bonds. The highest BCUT2D eigenvalue weighted by molar-refractivity contribution is 7.72. The van der Waals surface area contributed by atoms with Gasteiger partial charge in [0.25, 0.3) is 11.8 Å². The van der Waals surface area contributed by atoms with Gasteiger partial charge in [0.2, 0.25) is 5.91 Å². The molecule has 0 saturated carbocycles. The zero-order valence-corrected chi connectivity index (χ0v) is 19.1. The third-order valence-electron chi connectivity index (χ3n) is 5.17. The van der Waals surface area contributed by atoms with Crippen molar-refractivity contribution in [2.45, 2.75) is 19.4 Å². The Labute approximate surface area is 192 Å². The van der Waals surface area contributed by atoms with Gasteiger partial charge in [0.1, 0.15) is 10.7 Å². The number of carbonyl (C=O) groups excluding carboxylic acids is 3. The Balaban J connectivity index is 2.07. The first kappa shape index (κ1) is 24.2. The van der Waals surface area contributed by atoms with Crippen LogP contribution in [0.2, 0.25) is 0 Å². The van der Waals surface area contributed by atoms with Crippen LogP contribution in [0.3, 0.4) is 0 Å². The maximum Gasteiger partial charge on any atom is 0.264 e. The highest BCUT2D eigenvalue weighted by Gasteiger charge is 2.42. The smallest absolute Gasteiger partial charge is 0.264 e. The molecule has 2 aromatic rings. The van der Waals surface area contributed by atoms with Gasteiger partial charge in [-0.05, 0) is 43.2 Å². The van der Waals surface area contributed by atoms with Crippen LogP contribution in [-0.4, -0.2) is 57.1 Å². The van der Waals surface area contributed by atoms with E-state index in [1.807, 2.05) is 0 Å². The van der Waals surface area contributed by atoms with Crippen molar-refractivity contribution in [1.29, 1.82) is 0 Å². The Morgan fingerprint density at radius 2 is 1.91 bits per heavy atom. The summed E-state index contributed by atoms with van der Waals surface area (Å²) in [5.74, 6) is -1.11. The number of thiol groups is 1. The summed E-state index contributed by atoms with van der Waals surface area (Å²) in [6, 6.07) is 8.58. The normalized spacial score (nSPS) is 13.8. The minimum Gasteiger partial charge on any atom is -0.493 e. The summed E-state index contributed by atoms with van der Waals surface area (Å²) in [5, 5.41) is 2.54. The maximum absolute atomic E-state index is 13.4. The van der Waals surface area contributed by atoms with E-state index in [1.54, 1.807) is 31.2 Å². The lowest BCUT2D eigenvalue weighted by molar-refractivity contribution is -0.114. The molecule has 3 N–H and O–H groups in total. The number of imide groups is 1. The quantitative estimate of drug-likeness (QED) is 0.345. The molecule has 0 aromatic heterocycles. The average Bonchev–Trinajstić information content (AvgIpc) is 3.05. The molecule has 0 fully saturated rings. The largest absolute Gasteiger partial charge is 0.493 e. The van der Waals surface area contributed by atoms with Gasteiger partial charge in [0, 0.05) is 5.75 Å². The number of benzene rings is 2. The van der Waals surface area contributed by atoms with E-state index >= 15 is 0 Å². The van der Waals surface area contributed by atoms with Gasteiger partial charge in [-0.15, -0.1) is 0 Å². The fourth-order valence-electron chi connectivity index (χ4n) is 3.73. The highest BCUT2D eigenvalue weighted by atomic mass is 32.2. The topological polar surface area (TPSA) is 145 Å². The Morgan fingerprint density at radius 1 is 1.15 bits per heavy atom. The first-order valence-electron chi connectivity index (χ1n) is 10.3. The van der Waals surface area contributed by atoms with Gasteiger partial charge in [-0.3, -0.25) is 19.3 Å². The Hall–Kier alpha value is -3.44. The van der Waals surface area contributed by atoms with Gasteiger partial charge < -0.3 is 20.5 Å². The Kier molecular flexibility index (Phi) is 7.67. The zero-order valence-electron chi connectivity index (χ0n) is 18.2. The lowest BCUT2D eigenvalue weighted by atomic mass is 10.0. The number of fused-ring (bicyclic) bond motifs is 1. The van der Waals surface area contributed by atoms with Crippen LogP contribution < -0.4 is 20.5 Å². The van der Waals surface area contributed by atoms with Gasteiger partial charge in [0.05, 0.1) is 43.1 Å². The number of nitrogens with one attached hydrogen (secondary N) is 1. The molecule has 2 aromatic carbocycles. The summed E-state index contributed by atoms with van der Waals surface area (Å²) in [5.41, 5.74) is 6.19. The standard InChI is InChI=1S/C22H25N3O7S/c1-3-32-18-11-13(7-8-17(18)31-2)16(9-10-33(29)30)25-21(27)14-5-4-6-15(20(14)22(25)28)24-19(26)12-23/h4-8,11,16,33H,3,9-10,12,23H2,1-2H3,(H,24,26). The Morgan fingerprint density at radius 3 is 2.55 bits per heavy atom. The minimum atomic E-state index is -2.74. The first-order chi connectivity index (χ1) is 15.8. The van der Waals surface area contributed by atoms with E-state index < -0.39 is 34.5 Å². The van der Waals surface area contributed by atoms with Crippen LogP contribution in [0.25, 0.3) is 0 Å². The number of nitrogens with two attached hydrogens (primary N) is 1. The SMILES string of the molecule is CCOc1cc(C(CC[SH](=O)=O)N2C(=O)c3cccc(NC(=O)CN)c3C2=O)ccc1OC. The van der Waals surface area contributed by atoms with E-state index in [4.69, 9.17) is 15.2 Å². The maximum atomic E-state index is 13.4. The van der Waals surface area contributed by atoms with Crippen LogP contribution in [0.1, 0.15) is 45.7 Å². The predicted octanol–water partition coefficient (Wildman–Crippen LogP) is 1.33. The van der Waals surface area contributed by atoms with Gasteiger partial charge >= 0.3 is 0 Å².